The molecule has 2 N–H and O–H groups in total. The number of carbonyl (C=O) groups excluding carboxylic acids is 1. The van der Waals surface area contributed by atoms with Crippen LogP contribution in [-0.2, 0) is 29.0 Å². The van der Waals surface area contributed by atoms with Gasteiger partial charge in [-0.1, -0.05) is 24.3 Å². The van der Waals surface area contributed by atoms with Gasteiger partial charge in [-0.15, -0.1) is 5.10 Å². The summed E-state index contributed by atoms with van der Waals surface area (Å²) in [7, 11) is 0. The van der Waals surface area contributed by atoms with Crippen molar-refractivity contribution in [2.45, 2.75) is 45.6 Å². The summed E-state index contributed by atoms with van der Waals surface area (Å²) in [5.74, 6) is -1.44. The Bertz CT molecular complexity index is 763. The fourth-order valence-electron chi connectivity index (χ4n) is 2.65. The van der Waals surface area contributed by atoms with Crippen LogP contribution in [0.3, 0.4) is 0 Å². The Morgan fingerprint density at radius 2 is 2.15 bits per heavy atom. The normalized spacial score (nSPS) is 11.9. The monoisotopic (exact) mass is 376 g/mol. The zero-order valence-electron chi connectivity index (χ0n) is 15.4. The number of aromatic nitrogens is 3. The summed E-state index contributed by atoms with van der Waals surface area (Å²) >= 11 is 0. The largest absolute Gasteiger partial charge is 0.481 e. The number of aliphatic carboxylic acids is 1. The summed E-state index contributed by atoms with van der Waals surface area (Å²) in [5, 5.41) is 19.8. The minimum Gasteiger partial charge on any atom is -0.481 e. The number of amides is 1. The van der Waals surface area contributed by atoms with E-state index < -0.39 is 11.9 Å². The van der Waals surface area contributed by atoms with E-state index in [9.17, 15) is 14.0 Å². The lowest BCUT2D eigenvalue weighted by Gasteiger charge is -2.09. The number of anilines is 1. The first-order valence-corrected chi connectivity index (χ1v) is 9.04. The van der Waals surface area contributed by atoms with Crippen molar-refractivity contribution in [1.29, 1.82) is 0 Å². The van der Waals surface area contributed by atoms with Gasteiger partial charge in [-0.3, -0.25) is 18.7 Å². The summed E-state index contributed by atoms with van der Waals surface area (Å²) < 4.78 is 13.8. The number of rotatable bonds is 11. The number of halogens is 1. The van der Waals surface area contributed by atoms with Crippen LogP contribution >= 0.6 is 0 Å². The average Bonchev–Trinajstić information content (AvgIpc) is 3.08. The molecule has 2 aromatic rings. The van der Waals surface area contributed by atoms with Crippen LogP contribution in [0.25, 0.3) is 0 Å². The van der Waals surface area contributed by atoms with Crippen molar-refractivity contribution in [2.75, 3.05) is 12.0 Å². The molecule has 0 spiro atoms. The van der Waals surface area contributed by atoms with Gasteiger partial charge in [-0.05, 0) is 43.4 Å². The van der Waals surface area contributed by atoms with Crippen LogP contribution in [0.2, 0.25) is 0 Å². The Labute approximate surface area is 157 Å². The van der Waals surface area contributed by atoms with Crippen LogP contribution in [0.4, 0.5) is 10.1 Å². The molecule has 2 rings (SSSR count). The van der Waals surface area contributed by atoms with Gasteiger partial charge in [-0.25, -0.2) is 0 Å². The minimum atomic E-state index is -0.842. The molecule has 146 valence electrons. The van der Waals surface area contributed by atoms with Gasteiger partial charge in [0.15, 0.2) is 0 Å². The highest BCUT2D eigenvalue weighted by Crippen LogP contribution is 2.15. The molecule has 1 heterocycles. The van der Waals surface area contributed by atoms with Crippen LogP contribution < -0.4 is 5.32 Å². The average molecular weight is 376 g/mol. The Morgan fingerprint density at radius 1 is 1.33 bits per heavy atom. The van der Waals surface area contributed by atoms with Gasteiger partial charge in [0.25, 0.3) is 0 Å². The summed E-state index contributed by atoms with van der Waals surface area (Å²) in [6, 6.07) is 7.22. The maximum atomic E-state index is 12.2. The van der Waals surface area contributed by atoms with Crippen molar-refractivity contribution in [3.63, 3.8) is 0 Å². The predicted molar refractivity (Wildman–Crippen MR) is 99.1 cm³/mol. The molecule has 7 nitrogen and oxygen atoms in total. The van der Waals surface area contributed by atoms with E-state index >= 15 is 0 Å². The number of hydrogen-bond acceptors (Lipinski definition) is 4. The molecule has 0 radical (unpaired) electrons. The number of alkyl halides is 1. The zero-order valence-corrected chi connectivity index (χ0v) is 15.4. The van der Waals surface area contributed by atoms with E-state index in [1.807, 2.05) is 6.07 Å². The Morgan fingerprint density at radius 3 is 2.89 bits per heavy atom. The molecule has 1 aromatic carbocycles. The van der Waals surface area contributed by atoms with Gasteiger partial charge < -0.3 is 10.4 Å². The van der Waals surface area contributed by atoms with Crippen LogP contribution in [0.15, 0.2) is 30.5 Å². The first kappa shape index (κ1) is 20.5. The van der Waals surface area contributed by atoms with E-state index in [4.69, 9.17) is 5.11 Å². The topological polar surface area (TPSA) is 97.1 Å². The lowest BCUT2D eigenvalue weighted by Crippen LogP contribution is -2.14. The Balaban J connectivity index is 1.77. The molecular formula is C19H25FN4O3. The highest BCUT2D eigenvalue weighted by atomic mass is 19.1. The van der Waals surface area contributed by atoms with Crippen molar-refractivity contribution in [2.24, 2.45) is 5.92 Å². The summed E-state index contributed by atoms with van der Waals surface area (Å²) in [6.07, 6.45) is 4.12. The fourth-order valence-corrected chi connectivity index (χ4v) is 2.65. The molecule has 0 saturated carbocycles. The molecule has 1 amide bonds. The van der Waals surface area contributed by atoms with Crippen LogP contribution in [0, 0.1) is 5.92 Å². The van der Waals surface area contributed by atoms with Gasteiger partial charge in [-0.2, -0.15) is 0 Å². The molecule has 0 bridgehead atoms. The number of benzene rings is 1. The maximum Gasteiger partial charge on any atom is 0.306 e. The summed E-state index contributed by atoms with van der Waals surface area (Å²) in [5.41, 5.74) is 2.28. The number of carbonyl (C=O) groups is 2. The van der Waals surface area contributed by atoms with Crippen LogP contribution in [0.1, 0.15) is 37.4 Å². The molecular weight excluding hydrogens is 351 g/mol. The first-order valence-electron chi connectivity index (χ1n) is 9.04. The number of hydrogen-bond donors (Lipinski definition) is 2. The van der Waals surface area contributed by atoms with Crippen LogP contribution in [-0.4, -0.2) is 38.7 Å². The molecule has 1 atom stereocenters. The molecule has 0 fully saturated rings. The lowest BCUT2D eigenvalue weighted by atomic mass is 10.0. The molecule has 0 aliphatic heterocycles. The Kier molecular flexibility index (Phi) is 7.91. The third-order valence-electron chi connectivity index (χ3n) is 4.12. The fraction of sp³-hybridized carbons (Fsp3) is 0.474. The van der Waals surface area contributed by atoms with E-state index in [0.29, 0.717) is 44.3 Å². The van der Waals surface area contributed by atoms with Crippen molar-refractivity contribution in [1.82, 2.24) is 15.0 Å². The standard InChI is InChI=1S/C19H25FN4O3/c1-14(19(26)27)11-15-5-2-6-16(12-15)21-18(25)8-4-10-24-13-17(22-23-24)7-3-9-20/h2,5-6,12-14H,3-4,7-11H2,1H3,(H,21,25)(H,26,27)/t14-/m1/s1. The van der Waals surface area contributed by atoms with E-state index in [1.165, 1.54) is 0 Å². The second-order valence-electron chi connectivity index (χ2n) is 6.56. The van der Waals surface area contributed by atoms with E-state index in [1.54, 1.807) is 36.0 Å². The molecule has 0 unspecified atom stereocenters. The van der Waals surface area contributed by atoms with Gasteiger partial charge in [0, 0.05) is 24.8 Å². The second-order valence-corrected chi connectivity index (χ2v) is 6.56. The van der Waals surface area contributed by atoms with Crippen molar-refractivity contribution in [3.05, 3.63) is 41.7 Å². The minimum absolute atomic E-state index is 0.115. The quantitative estimate of drug-likeness (QED) is 0.628. The van der Waals surface area contributed by atoms with E-state index in [2.05, 4.69) is 15.6 Å². The SMILES string of the molecule is C[C@H](Cc1cccc(NC(=O)CCCn2cc(CCCF)nn2)c1)C(=O)O. The van der Waals surface area contributed by atoms with Gasteiger partial charge in [0.05, 0.1) is 18.3 Å². The number of carboxylic acid groups (broad SMARTS) is 1. The van der Waals surface area contributed by atoms with Crippen LogP contribution in [0.5, 0.6) is 0 Å². The highest BCUT2D eigenvalue weighted by molar-refractivity contribution is 5.90. The lowest BCUT2D eigenvalue weighted by molar-refractivity contribution is -0.141. The molecule has 8 heteroatoms. The maximum absolute atomic E-state index is 12.2. The molecule has 0 aliphatic rings. The molecule has 27 heavy (non-hydrogen) atoms. The first-order chi connectivity index (χ1) is 13.0. The number of carboxylic acids is 1. The van der Waals surface area contributed by atoms with Crippen molar-refractivity contribution < 1.29 is 19.1 Å². The number of aryl methyl sites for hydroxylation is 2. The van der Waals surface area contributed by atoms with Crippen molar-refractivity contribution >= 4 is 17.6 Å². The Hall–Kier alpha value is -2.77. The summed E-state index contributed by atoms with van der Waals surface area (Å²) in [6.45, 7) is 1.84. The zero-order chi connectivity index (χ0) is 19.6. The third kappa shape index (κ3) is 7.16. The van der Waals surface area contributed by atoms with Gasteiger partial charge in [0.2, 0.25) is 5.91 Å². The number of nitrogens with zero attached hydrogens (tertiary/aromatic N) is 3. The molecule has 0 saturated heterocycles. The second kappa shape index (κ2) is 10.4. The smallest absolute Gasteiger partial charge is 0.306 e. The van der Waals surface area contributed by atoms with E-state index in [0.717, 1.165) is 11.3 Å². The predicted octanol–water partition coefficient (Wildman–Crippen LogP) is 2.86. The molecule has 1 aromatic heterocycles. The number of nitrogens with one attached hydrogen (secondary N) is 1. The molecule has 0 aliphatic carbocycles. The van der Waals surface area contributed by atoms with Gasteiger partial charge in [0.1, 0.15) is 0 Å². The van der Waals surface area contributed by atoms with Gasteiger partial charge >= 0.3 is 5.97 Å². The van der Waals surface area contributed by atoms with Crippen molar-refractivity contribution in [3.8, 4) is 0 Å². The summed E-state index contributed by atoms with van der Waals surface area (Å²) in [4.78, 5) is 23.1. The van der Waals surface area contributed by atoms with E-state index in [-0.39, 0.29) is 12.6 Å². The third-order valence-corrected chi connectivity index (χ3v) is 4.12. The highest BCUT2D eigenvalue weighted by Gasteiger charge is 2.12.